The minimum atomic E-state index is -0.503. The summed E-state index contributed by atoms with van der Waals surface area (Å²) in [7, 11) is 1.73. The molecule has 2 rings (SSSR count). The SMILES string of the molecule is CC(=O)c1ccc(NC(=O)C(C)N(C)CC(=O)Nc2cccc(C)c2C)cc1. The first-order valence-electron chi connectivity index (χ1n) is 9.17. The summed E-state index contributed by atoms with van der Waals surface area (Å²) in [4.78, 5) is 37.8. The number of hydrogen-bond acceptors (Lipinski definition) is 4. The molecule has 2 aromatic rings. The maximum atomic E-state index is 12.5. The molecule has 0 saturated carbocycles. The molecule has 0 aromatic heterocycles. The third-order valence-electron chi connectivity index (χ3n) is 4.87. The van der Waals surface area contributed by atoms with Crippen LogP contribution in [0.25, 0.3) is 0 Å². The third-order valence-corrected chi connectivity index (χ3v) is 4.87. The second kappa shape index (κ2) is 9.28. The van der Waals surface area contributed by atoms with Gasteiger partial charge < -0.3 is 10.6 Å². The van der Waals surface area contributed by atoms with E-state index in [1.54, 1.807) is 43.1 Å². The highest BCUT2D eigenvalue weighted by atomic mass is 16.2. The van der Waals surface area contributed by atoms with Crippen LogP contribution in [0.5, 0.6) is 0 Å². The lowest BCUT2D eigenvalue weighted by Gasteiger charge is -2.23. The van der Waals surface area contributed by atoms with Crippen molar-refractivity contribution in [3.8, 4) is 0 Å². The maximum Gasteiger partial charge on any atom is 0.241 e. The van der Waals surface area contributed by atoms with Gasteiger partial charge in [-0.15, -0.1) is 0 Å². The van der Waals surface area contributed by atoms with Crippen LogP contribution >= 0.6 is 0 Å². The Labute approximate surface area is 165 Å². The van der Waals surface area contributed by atoms with Crippen LogP contribution in [0.4, 0.5) is 11.4 Å². The van der Waals surface area contributed by atoms with Crippen molar-refractivity contribution >= 4 is 29.0 Å². The fourth-order valence-corrected chi connectivity index (χ4v) is 2.67. The molecule has 0 spiro atoms. The number of rotatable bonds is 7. The standard InChI is InChI=1S/C22H27N3O3/c1-14-7-6-8-20(15(14)2)24-21(27)13-25(5)16(3)22(28)23-19-11-9-18(10-12-19)17(4)26/h6-12,16H,13H2,1-5H3,(H,23,28)(H,24,27). The van der Waals surface area contributed by atoms with Gasteiger partial charge in [0.05, 0.1) is 12.6 Å². The summed E-state index contributed by atoms with van der Waals surface area (Å²) in [5, 5.41) is 5.70. The van der Waals surface area contributed by atoms with E-state index in [4.69, 9.17) is 0 Å². The van der Waals surface area contributed by atoms with Crippen LogP contribution in [0, 0.1) is 13.8 Å². The summed E-state index contributed by atoms with van der Waals surface area (Å²) >= 11 is 0. The number of aryl methyl sites for hydroxylation is 1. The van der Waals surface area contributed by atoms with Gasteiger partial charge in [0.1, 0.15) is 0 Å². The zero-order valence-electron chi connectivity index (χ0n) is 17.0. The summed E-state index contributed by atoms with van der Waals surface area (Å²) < 4.78 is 0. The van der Waals surface area contributed by atoms with Crippen LogP contribution in [0.15, 0.2) is 42.5 Å². The van der Waals surface area contributed by atoms with Gasteiger partial charge in [0.25, 0.3) is 0 Å². The molecule has 0 fully saturated rings. The van der Waals surface area contributed by atoms with Gasteiger partial charge in [0.2, 0.25) is 11.8 Å². The van der Waals surface area contributed by atoms with Crippen LogP contribution < -0.4 is 10.6 Å². The zero-order valence-corrected chi connectivity index (χ0v) is 17.0. The Balaban J connectivity index is 1.92. The Morgan fingerprint density at radius 1 is 1.00 bits per heavy atom. The van der Waals surface area contributed by atoms with E-state index in [2.05, 4.69) is 10.6 Å². The molecular formula is C22H27N3O3. The first kappa shape index (κ1) is 21.3. The smallest absolute Gasteiger partial charge is 0.241 e. The van der Waals surface area contributed by atoms with E-state index in [0.717, 1.165) is 16.8 Å². The largest absolute Gasteiger partial charge is 0.325 e. The number of nitrogens with one attached hydrogen (secondary N) is 2. The number of ketones is 1. The molecule has 0 bridgehead atoms. The summed E-state index contributed by atoms with van der Waals surface area (Å²) in [5.74, 6) is -0.430. The van der Waals surface area contributed by atoms with E-state index in [-0.39, 0.29) is 24.1 Å². The van der Waals surface area contributed by atoms with Crippen LogP contribution in [-0.4, -0.2) is 42.1 Å². The van der Waals surface area contributed by atoms with E-state index in [1.165, 1.54) is 6.92 Å². The average Bonchev–Trinajstić information content (AvgIpc) is 2.65. The third kappa shape index (κ3) is 5.50. The minimum Gasteiger partial charge on any atom is -0.325 e. The normalized spacial score (nSPS) is 11.8. The molecule has 1 atom stereocenters. The quantitative estimate of drug-likeness (QED) is 0.721. The van der Waals surface area contributed by atoms with Crippen LogP contribution in [0.2, 0.25) is 0 Å². The lowest BCUT2D eigenvalue weighted by atomic mass is 10.1. The first-order valence-corrected chi connectivity index (χ1v) is 9.17. The van der Waals surface area contributed by atoms with Gasteiger partial charge in [-0.25, -0.2) is 0 Å². The molecule has 0 saturated heterocycles. The second-order valence-corrected chi connectivity index (χ2v) is 7.01. The minimum absolute atomic E-state index is 0.0270. The molecule has 1 unspecified atom stereocenters. The lowest BCUT2D eigenvalue weighted by molar-refractivity contribution is -0.122. The topological polar surface area (TPSA) is 78.5 Å². The number of Topliss-reactive ketones (excluding diaryl/α,β-unsaturated/α-hetero) is 1. The van der Waals surface area contributed by atoms with Gasteiger partial charge in [-0.05, 0) is 76.2 Å². The van der Waals surface area contributed by atoms with Crippen LogP contribution in [0.3, 0.4) is 0 Å². The molecule has 0 aliphatic carbocycles. The first-order chi connectivity index (χ1) is 13.2. The van der Waals surface area contributed by atoms with E-state index in [9.17, 15) is 14.4 Å². The van der Waals surface area contributed by atoms with Crippen molar-refractivity contribution in [2.24, 2.45) is 0 Å². The Hall–Kier alpha value is -2.99. The Bertz CT molecular complexity index is 875. The van der Waals surface area contributed by atoms with Gasteiger partial charge in [0.15, 0.2) is 5.78 Å². The summed E-state index contributed by atoms with van der Waals surface area (Å²) in [5.41, 5.74) is 4.11. The monoisotopic (exact) mass is 381 g/mol. The fraction of sp³-hybridized carbons (Fsp3) is 0.318. The van der Waals surface area contributed by atoms with Gasteiger partial charge in [-0.3, -0.25) is 19.3 Å². The van der Waals surface area contributed by atoms with Gasteiger partial charge >= 0.3 is 0 Å². The van der Waals surface area contributed by atoms with E-state index in [1.807, 2.05) is 32.0 Å². The predicted molar refractivity (Wildman–Crippen MR) is 112 cm³/mol. The van der Waals surface area contributed by atoms with E-state index < -0.39 is 6.04 Å². The number of likely N-dealkylation sites (N-methyl/N-ethyl adjacent to an activating group) is 1. The average molecular weight is 381 g/mol. The summed E-state index contributed by atoms with van der Waals surface area (Å²) in [6.45, 7) is 7.28. The number of anilines is 2. The molecule has 0 radical (unpaired) electrons. The highest BCUT2D eigenvalue weighted by molar-refractivity contribution is 5.98. The van der Waals surface area contributed by atoms with E-state index in [0.29, 0.717) is 11.3 Å². The molecule has 28 heavy (non-hydrogen) atoms. The van der Waals surface area contributed by atoms with E-state index >= 15 is 0 Å². The van der Waals surface area contributed by atoms with Crippen molar-refractivity contribution in [1.82, 2.24) is 4.90 Å². The Morgan fingerprint density at radius 3 is 2.25 bits per heavy atom. The van der Waals surface area contributed by atoms with Gasteiger partial charge in [-0.2, -0.15) is 0 Å². The molecule has 2 amide bonds. The maximum absolute atomic E-state index is 12.5. The summed E-state index contributed by atoms with van der Waals surface area (Å²) in [6, 6.07) is 12.0. The number of nitrogens with zero attached hydrogens (tertiary/aromatic N) is 1. The predicted octanol–water partition coefficient (Wildman–Crippen LogP) is 3.40. The highest BCUT2D eigenvalue weighted by Crippen LogP contribution is 2.18. The molecule has 0 heterocycles. The highest BCUT2D eigenvalue weighted by Gasteiger charge is 2.20. The number of hydrogen-bond donors (Lipinski definition) is 2. The molecule has 0 aliphatic heterocycles. The van der Waals surface area contributed by atoms with Crippen molar-refractivity contribution < 1.29 is 14.4 Å². The molecule has 6 heteroatoms. The number of carbonyl (C=O) groups is 3. The molecule has 2 N–H and O–H groups in total. The van der Waals surface area contributed by atoms with Crippen molar-refractivity contribution in [2.45, 2.75) is 33.7 Å². The van der Waals surface area contributed by atoms with Crippen molar-refractivity contribution in [1.29, 1.82) is 0 Å². The van der Waals surface area contributed by atoms with Crippen molar-refractivity contribution in [3.05, 3.63) is 59.2 Å². The van der Waals surface area contributed by atoms with Crippen molar-refractivity contribution in [2.75, 3.05) is 24.2 Å². The van der Waals surface area contributed by atoms with Gasteiger partial charge in [-0.1, -0.05) is 12.1 Å². The Morgan fingerprint density at radius 2 is 1.64 bits per heavy atom. The second-order valence-electron chi connectivity index (χ2n) is 7.01. The summed E-state index contributed by atoms with van der Waals surface area (Å²) in [6.07, 6.45) is 0. The fourth-order valence-electron chi connectivity index (χ4n) is 2.67. The Kier molecular flexibility index (Phi) is 7.06. The number of carbonyl (C=O) groups excluding carboxylic acids is 3. The molecule has 6 nitrogen and oxygen atoms in total. The molecule has 148 valence electrons. The molecule has 0 aliphatic rings. The lowest BCUT2D eigenvalue weighted by Crippen LogP contribution is -2.43. The molecular weight excluding hydrogens is 354 g/mol. The van der Waals surface area contributed by atoms with Crippen LogP contribution in [0.1, 0.15) is 35.3 Å². The van der Waals surface area contributed by atoms with Crippen molar-refractivity contribution in [3.63, 3.8) is 0 Å². The number of amides is 2. The molecule has 2 aromatic carbocycles. The van der Waals surface area contributed by atoms with Gasteiger partial charge in [0, 0.05) is 16.9 Å². The van der Waals surface area contributed by atoms with Crippen LogP contribution in [-0.2, 0) is 9.59 Å². The number of benzene rings is 2. The zero-order chi connectivity index (χ0) is 20.8.